The van der Waals surface area contributed by atoms with Crippen LogP contribution in [-0.4, -0.2) is 38.6 Å². The van der Waals surface area contributed by atoms with Gasteiger partial charge in [0, 0.05) is 43.5 Å². The monoisotopic (exact) mass is 313 g/mol. The fourth-order valence-electron chi connectivity index (χ4n) is 3.26. The van der Waals surface area contributed by atoms with E-state index < -0.39 is 0 Å². The van der Waals surface area contributed by atoms with Crippen LogP contribution in [0.25, 0.3) is 0 Å². The van der Waals surface area contributed by atoms with Crippen molar-refractivity contribution in [3.8, 4) is 0 Å². The maximum absolute atomic E-state index is 12.7. The summed E-state index contributed by atoms with van der Waals surface area (Å²) < 4.78 is 2.16. The summed E-state index contributed by atoms with van der Waals surface area (Å²) in [5.41, 5.74) is 1.50. The molecular formula is C18H23N3O2. The Morgan fingerprint density at radius 3 is 2.83 bits per heavy atom. The molecule has 23 heavy (non-hydrogen) atoms. The van der Waals surface area contributed by atoms with Gasteiger partial charge in [0.25, 0.3) is 5.91 Å². The fraction of sp³-hybridized carbons (Fsp3) is 0.444. The summed E-state index contributed by atoms with van der Waals surface area (Å²) in [6.07, 6.45) is 5.92. The highest BCUT2D eigenvalue weighted by atomic mass is 16.3. The van der Waals surface area contributed by atoms with Crippen molar-refractivity contribution in [1.29, 1.82) is 0 Å². The molecule has 1 fully saturated rings. The molecule has 1 N–H and O–H groups in total. The van der Waals surface area contributed by atoms with E-state index in [1.165, 1.54) is 0 Å². The number of amides is 1. The zero-order chi connectivity index (χ0) is 16.2. The number of nitrogens with zero attached hydrogens (tertiary/aromatic N) is 3. The first-order valence-electron chi connectivity index (χ1n) is 8.23. The first kappa shape index (κ1) is 15.7. The molecule has 1 unspecified atom stereocenters. The third-order valence-corrected chi connectivity index (χ3v) is 4.55. The zero-order valence-electron chi connectivity index (χ0n) is 13.5. The minimum absolute atomic E-state index is 0.0000641. The van der Waals surface area contributed by atoms with E-state index >= 15 is 0 Å². The molecule has 3 rings (SSSR count). The van der Waals surface area contributed by atoms with Gasteiger partial charge in [-0.2, -0.15) is 0 Å². The second-order valence-electron chi connectivity index (χ2n) is 6.02. The smallest absolute Gasteiger partial charge is 0.253 e. The fourth-order valence-corrected chi connectivity index (χ4v) is 3.26. The van der Waals surface area contributed by atoms with Crippen molar-refractivity contribution < 1.29 is 9.90 Å². The van der Waals surface area contributed by atoms with E-state index in [2.05, 4.69) is 16.5 Å². The quantitative estimate of drug-likeness (QED) is 0.943. The van der Waals surface area contributed by atoms with Crippen LogP contribution in [0.5, 0.6) is 0 Å². The number of hydrogen-bond donors (Lipinski definition) is 1. The molecule has 0 radical (unpaired) electrons. The molecule has 1 aliphatic heterocycles. The lowest BCUT2D eigenvalue weighted by Crippen LogP contribution is -2.39. The van der Waals surface area contributed by atoms with Crippen LogP contribution < -0.4 is 0 Å². The van der Waals surface area contributed by atoms with Gasteiger partial charge in [-0.25, -0.2) is 4.98 Å². The number of imidazole rings is 1. The summed E-state index contributed by atoms with van der Waals surface area (Å²) in [4.78, 5) is 19.1. The van der Waals surface area contributed by atoms with Crippen LogP contribution in [0, 0.1) is 0 Å². The molecule has 1 saturated heterocycles. The molecule has 0 spiro atoms. The minimum atomic E-state index is -0.0000641. The van der Waals surface area contributed by atoms with Gasteiger partial charge in [-0.3, -0.25) is 4.79 Å². The first-order chi connectivity index (χ1) is 11.2. The number of likely N-dealkylation sites (tertiary alicyclic amines) is 1. The van der Waals surface area contributed by atoms with Crippen molar-refractivity contribution in [2.75, 3.05) is 13.1 Å². The van der Waals surface area contributed by atoms with Crippen LogP contribution in [0.4, 0.5) is 0 Å². The topological polar surface area (TPSA) is 58.4 Å². The summed E-state index contributed by atoms with van der Waals surface area (Å²) in [6, 6.07) is 7.20. The zero-order valence-corrected chi connectivity index (χ0v) is 13.5. The third kappa shape index (κ3) is 3.29. The molecule has 0 aliphatic carbocycles. The molecule has 1 aromatic heterocycles. The molecule has 1 aromatic carbocycles. The van der Waals surface area contributed by atoms with Gasteiger partial charge in [-0.05, 0) is 37.5 Å². The van der Waals surface area contributed by atoms with Crippen LogP contribution in [0.3, 0.4) is 0 Å². The average molecular weight is 313 g/mol. The minimum Gasteiger partial charge on any atom is -0.392 e. The van der Waals surface area contributed by atoms with E-state index in [1.807, 2.05) is 17.3 Å². The Kier molecular flexibility index (Phi) is 4.76. The number of hydrogen-bond acceptors (Lipinski definition) is 3. The summed E-state index contributed by atoms with van der Waals surface area (Å²) in [6.45, 7) is 4.53. The number of aliphatic hydroxyl groups is 1. The van der Waals surface area contributed by atoms with Crippen molar-refractivity contribution in [2.24, 2.45) is 0 Å². The SMILES string of the molecule is CCn1ccnc1C1CCCN(C(=O)c2ccc(CO)cc2)C1. The van der Waals surface area contributed by atoms with Gasteiger partial charge < -0.3 is 14.6 Å². The van der Waals surface area contributed by atoms with Crippen molar-refractivity contribution >= 4 is 5.91 Å². The number of aromatic nitrogens is 2. The van der Waals surface area contributed by atoms with Gasteiger partial charge in [0.2, 0.25) is 0 Å². The molecule has 1 aliphatic rings. The lowest BCUT2D eigenvalue weighted by atomic mass is 9.96. The van der Waals surface area contributed by atoms with E-state index in [1.54, 1.807) is 24.3 Å². The molecule has 0 saturated carbocycles. The Morgan fingerprint density at radius 2 is 2.13 bits per heavy atom. The van der Waals surface area contributed by atoms with Crippen LogP contribution in [0.15, 0.2) is 36.7 Å². The molecular weight excluding hydrogens is 290 g/mol. The number of carbonyl (C=O) groups excluding carboxylic acids is 1. The highest BCUT2D eigenvalue weighted by molar-refractivity contribution is 5.94. The van der Waals surface area contributed by atoms with Gasteiger partial charge in [-0.1, -0.05) is 12.1 Å². The summed E-state index contributed by atoms with van der Waals surface area (Å²) in [5.74, 6) is 1.45. The molecule has 1 amide bonds. The van der Waals surface area contributed by atoms with Crippen molar-refractivity contribution in [1.82, 2.24) is 14.5 Å². The Hall–Kier alpha value is -2.14. The normalized spacial score (nSPS) is 18.2. The Labute approximate surface area is 136 Å². The third-order valence-electron chi connectivity index (χ3n) is 4.55. The van der Waals surface area contributed by atoms with Crippen LogP contribution >= 0.6 is 0 Å². The van der Waals surface area contributed by atoms with E-state index in [-0.39, 0.29) is 12.5 Å². The van der Waals surface area contributed by atoms with Crippen LogP contribution in [-0.2, 0) is 13.2 Å². The van der Waals surface area contributed by atoms with E-state index in [9.17, 15) is 4.79 Å². The first-order valence-corrected chi connectivity index (χ1v) is 8.23. The predicted octanol–water partition coefficient (Wildman–Crippen LogP) is 2.42. The molecule has 122 valence electrons. The molecule has 2 heterocycles. The molecule has 2 aromatic rings. The summed E-state index contributed by atoms with van der Waals surface area (Å²) in [5, 5.41) is 9.10. The maximum atomic E-state index is 12.7. The Morgan fingerprint density at radius 1 is 1.35 bits per heavy atom. The molecule has 0 bridgehead atoms. The number of benzene rings is 1. The highest BCUT2D eigenvalue weighted by Crippen LogP contribution is 2.26. The summed E-state index contributed by atoms with van der Waals surface area (Å²) in [7, 11) is 0. The van der Waals surface area contributed by atoms with Gasteiger partial charge >= 0.3 is 0 Å². The lowest BCUT2D eigenvalue weighted by molar-refractivity contribution is 0.0703. The van der Waals surface area contributed by atoms with Gasteiger partial charge in [0.1, 0.15) is 5.82 Å². The van der Waals surface area contributed by atoms with Gasteiger partial charge in [0.15, 0.2) is 0 Å². The van der Waals surface area contributed by atoms with Crippen molar-refractivity contribution in [3.63, 3.8) is 0 Å². The summed E-state index contributed by atoms with van der Waals surface area (Å²) >= 11 is 0. The van der Waals surface area contributed by atoms with E-state index in [4.69, 9.17) is 5.11 Å². The number of carbonyl (C=O) groups is 1. The lowest BCUT2D eigenvalue weighted by Gasteiger charge is -2.32. The number of piperidine rings is 1. The highest BCUT2D eigenvalue weighted by Gasteiger charge is 2.27. The van der Waals surface area contributed by atoms with Crippen LogP contribution in [0.2, 0.25) is 0 Å². The average Bonchev–Trinajstić information content (AvgIpc) is 3.10. The van der Waals surface area contributed by atoms with Crippen LogP contribution in [0.1, 0.15) is 47.4 Å². The predicted molar refractivity (Wildman–Crippen MR) is 88.1 cm³/mol. The Balaban J connectivity index is 1.73. The standard InChI is InChI=1S/C18H23N3O2/c1-2-20-11-9-19-17(20)16-4-3-10-21(12-16)18(23)15-7-5-14(13-22)6-8-15/h5-9,11,16,22H,2-4,10,12-13H2,1H3. The largest absolute Gasteiger partial charge is 0.392 e. The maximum Gasteiger partial charge on any atom is 0.253 e. The van der Waals surface area contributed by atoms with Gasteiger partial charge in [0.05, 0.1) is 6.61 Å². The molecule has 1 atom stereocenters. The number of aryl methyl sites for hydroxylation is 1. The van der Waals surface area contributed by atoms with E-state index in [0.29, 0.717) is 11.5 Å². The second-order valence-corrected chi connectivity index (χ2v) is 6.02. The van der Waals surface area contributed by atoms with Crippen molar-refractivity contribution in [3.05, 3.63) is 53.6 Å². The van der Waals surface area contributed by atoms with Crippen molar-refractivity contribution in [2.45, 2.75) is 38.8 Å². The Bertz CT molecular complexity index is 663. The second kappa shape index (κ2) is 6.96. The van der Waals surface area contributed by atoms with Gasteiger partial charge in [-0.15, -0.1) is 0 Å². The number of rotatable bonds is 4. The number of aliphatic hydroxyl groups excluding tert-OH is 1. The molecule has 5 heteroatoms. The molecule has 5 nitrogen and oxygen atoms in total. The van der Waals surface area contributed by atoms with E-state index in [0.717, 1.165) is 43.9 Å².